The number of phenolic OH excluding ortho intramolecular Hbond substituents is 1. The zero-order valence-corrected chi connectivity index (χ0v) is 18.9. The molecule has 0 heterocycles. The van der Waals surface area contributed by atoms with Crippen LogP contribution in [-0.4, -0.2) is 10.0 Å². The number of fused-ring (bicyclic) bond motifs is 1. The SMILES string of the molecule is O=[N+]([O-])c1ccc2c(O)cc(-c3ccccc3)c(P(=O)(c3ccccc3)c3ccccc3)c2c1. The quantitative estimate of drug-likeness (QED) is 0.203. The number of nitro groups is 1. The molecule has 0 saturated heterocycles. The maximum absolute atomic E-state index is 15.4. The molecular weight excluding hydrogens is 445 g/mol. The number of phenols is 1. The molecule has 0 aliphatic rings. The largest absolute Gasteiger partial charge is 0.507 e. The minimum absolute atomic E-state index is 0.0276. The second-order valence-electron chi connectivity index (χ2n) is 7.93. The van der Waals surface area contributed by atoms with Crippen LogP contribution in [0.3, 0.4) is 0 Å². The van der Waals surface area contributed by atoms with Crippen molar-refractivity contribution in [2.45, 2.75) is 0 Å². The molecule has 1 N–H and O–H groups in total. The zero-order valence-electron chi connectivity index (χ0n) is 18.0. The average Bonchev–Trinajstić information content (AvgIpc) is 2.89. The first-order valence-corrected chi connectivity index (χ1v) is 12.4. The van der Waals surface area contributed by atoms with E-state index in [9.17, 15) is 15.2 Å². The van der Waals surface area contributed by atoms with Crippen LogP contribution in [0.25, 0.3) is 21.9 Å². The van der Waals surface area contributed by atoms with Crippen LogP contribution < -0.4 is 15.9 Å². The third-order valence-corrected chi connectivity index (χ3v) is 9.08. The van der Waals surface area contributed by atoms with Gasteiger partial charge >= 0.3 is 0 Å². The highest BCUT2D eigenvalue weighted by atomic mass is 31.2. The van der Waals surface area contributed by atoms with E-state index in [0.717, 1.165) is 5.56 Å². The highest BCUT2D eigenvalue weighted by molar-refractivity contribution is 7.86. The van der Waals surface area contributed by atoms with Crippen molar-refractivity contribution < 1.29 is 14.6 Å². The Morgan fingerprint density at radius 3 is 1.74 bits per heavy atom. The predicted molar refractivity (Wildman–Crippen MR) is 137 cm³/mol. The van der Waals surface area contributed by atoms with Gasteiger partial charge in [-0.25, -0.2) is 0 Å². The minimum atomic E-state index is -3.53. The van der Waals surface area contributed by atoms with Crippen LogP contribution in [0.1, 0.15) is 0 Å². The monoisotopic (exact) mass is 465 g/mol. The van der Waals surface area contributed by atoms with Gasteiger partial charge in [-0.2, -0.15) is 0 Å². The molecule has 34 heavy (non-hydrogen) atoms. The summed E-state index contributed by atoms with van der Waals surface area (Å²) in [6.45, 7) is 0. The molecule has 0 atom stereocenters. The molecule has 5 aromatic carbocycles. The van der Waals surface area contributed by atoms with E-state index < -0.39 is 12.1 Å². The Labute approximate surface area is 196 Å². The van der Waals surface area contributed by atoms with Gasteiger partial charge in [0.25, 0.3) is 5.69 Å². The topological polar surface area (TPSA) is 80.4 Å². The van der Waals surface area contributed by atoms with Crippen molar-refractivity contribution in [3.05, 3.63) is 125 Å². The summed E-state index contributed by atoms with van der Waals surface area (Å²) in [5.74, 6) is -0.0276. The van der Waals surface area contributed by atoms with Gasteiger partial charge in [-0.3, -0.25) is 10.1 Å². The van der Waals surface area contributed by atoms with E-state index in [-0.39, 0.29) is 11.4 Å². The van der Waals surface area contributed by atoms with Gasteiger partial charge in [0.15, 0.2) is 7.14 Å². The first-order valence-electron chi connectivity index (χ1n) is 10.7. The van der Waals surface area contributed by atoms with Crippen LogP contribution in [-0.2, 0) is 4.57 Å². The Kier molecular flexibility index (Phi) is 5.48. The molecule has 0 saturated carbocycles. The maximum atomic E-state index is 15.4. The molecule has 0 aromatic heterocycles. The molecule has 0 radical (unpaired) electrons. The van der Waals surface area contributed by atoms with Gasteiger partial charge in [0, 0.05) is 38.8 Å². The summed E-state index contributed by atoms with van der Waals surface area (Å²) < 4.78 is 15.4. The Morgan fingerprint density at radius 1 is 0.676 bits per heavy atom. The van der Waals surface area contributed by atoms with E-state index in [1.165, 1.54) is 18.2 Å². The number of benzene rings is 5. The van der Waals surface area contributed by atoms with Crippen molar-refractivity contribution in [3.8, 4) is 16.9 Å². The summed E-state index contributed by atoms with van der Waals surface area (Å²) in [5.41, 5.74) is 1.20. The Balaban J connectivity index is 2.01. The minimum Gasteiger partial charge on any atom is -0.507 e. The van der Waals surface area contributed by atoms with Crippen LogP contribution in [0.15, 0.2) is 115 Å². The van der Waals surface area contributed by atoms with Crippen molar-refractivity contribution in [1.29, 1.82) is 0 Å². The molecule has 0 spiro atoms. The highest BCUT2D eigenvalue weighted by Crippen LogP contribution is 2.49. The lowest BCUT2D eigenvalue weighted by molar-refractivity contribution is -0.384. The van der Waals surface area contributed by atoms with Gasteiger partial charge in [0.05, 0.1) is 4.92 Å². The number of nitrogens with zero attached hydrogens (tertiary/aromatic N) is 1. The molecule has 0 unspecified atom stereocenters. The second-order valence-corrected chi connectivity index (χ2v) is 10.6. The van der Waals surface area contributed by atoms with E-state index in [4.69, 9.17) is 0 Å². The number of nitro benzene ring substituents is 1. The summed E-state index contributed by atoms with van der Waals surface area (Å²) >= 11 is 0. The van der Waals surface area contributed by atoms with E-state index >= 15 is 4.57 Å². The van der Waals surface area contributed by atoms with E-state index in [1.807, 2.05) is 91.0 Å². The van der Waals surface area contributed by atoms with Gasteiger partial charge in [0.1, 0.15) is 5.75 Å². The molecule has 0 bridgehead atoms. The zero-order chi connectivity index (χ0) is 23.7. The van der Waals surface area contributed by atoms with E-state index in [1.54, 1.807) is 6.07 Å². The van der Waals surface area contributed by atoms with Gasteiger partial charge in [0.2, 0.25) is 0 Å². The van der Waals surface area contributed by atoms with Crippen molar-refractivity contribution in [1.82, 2.24) is 0 Å². The highest BCUT2D eigenvalue weighted by Gasteiger charge is 2.35. The summed E-state index contributed by atoms with van der Waals surface area (Å²) in [4.78, 5) is 11.2. The van der Waals surface area contributed by atoms with Gasteiger partial charge < -0.3 is 9.67 Å². The molecule has 5 aromatic rings. The fourth-order valence-electron chi connectivity index (χ4n) is 4.35. The summed E-state index contributed by atoms with van der Waals surface area (Å²) in [6.07, 6.45) is 0. The first kappa shape index (κ1) is 21.6. The van der Waals surface area contributed by atoms with Crippen LogP contribution in [0.2, 0.25) is 0 Å². The standard InChI is InChI=1S/C28H20NO4P/c30-27-19-25(20-10-4-1-5-11-20)28(26-18-21(29(31)32)16-17-24(26)27)34(33,22-12-6-2-7-13-22)23-14-8-3-9-15-23/h1-19,30H. The third kappa shape index (κ3) is 3.57. The molecule has 166 valence electrons. The molecule has 0 aliphatic heterocycles. The number of rotatable bonds is 5. The number of hydrogen-bond acceptors (Lipinski definition) is 4. The second kappa shape index (κ2) is 8.62. The average molecular weight is 465 g/mol. The van der Waals surface area contributed by atoms with Crippen LogP contribution >= 0.6 is 7.14 Å². The molecular formula is C28H20NO4P. The predicted octanol–water partition coefficient (Wildman–Crippen LogP) is 5.76. The fraction of sp³-hybridized carbons (Fsp3) is 0. The molecule has 0 amide bonds. The molecule has 6 heteroatoms. The van der Waals surface area contributed by atoms with Crippen molar-refractivity contribution in [2.75, 3.05) is 0 Å². The van der Waals surface area contributed by atoms with Crippen LogP contribution in [0, 0.1) is 10.1 Å². The van der Waals surface area contributed by atoms with E-state index in [0.29, 0.717) is 32.2 Å². The summed E-state index contributed by atoms with van der Waals surface area (Å²) in [5, 5.41) is 25.1. The van der Waals surface area contributed by atoms with Crippen molar-refractivity contribution in [2.24, 2.45) is 0 Å². The van der Waals surface area contributed by atoms with Gasteiger partial charge in [-0.1, -0.05) is 91.0 Å². The van der Waals surface area contributed by atoms with Crippen molar-refractivity contribution >= 4 is 39.5 Å². The lowest BCUT2D eigenvalue weighted by Crippen LogP contribution is -2.27. The number of hydrogen-bond donors (Lipinski definition) is 1. The molecule has 5 rings (SSSR count). The summed E-state index contributed by atoms with van der Waals surface area (Å²) in [7, 11) is -3.53. The normalized spacial score (nSPS) is 11.4. The maximum Gasteiger partial charge on any atom is 0.270 e. The Morgan fingerprint density at radius 2 is 1.21 bits per heavy atom. The fourth-order valence-corrected chi connectivity index (χ4v) is 7.41. The van der Waals surface area contributed by atoms with Gasteiger partial charge in [-0.05, 0) is 23.3 Å². The van der Waals surface area contributed by atoms with Gasteiger partial charge in [-0.15, -0.1) is 0 Å². The lowest BCUT2D eigenvalue weighted by atomic mass is 9.99. The molecule has 5 nitrogen and oxygen atoms in total. The van der Waals surface area contributed by atoms with Crippen LogP contribution in [0.5, 0.6) is 5.75 Å². The number of aromatic hydroxyl groups is 1. The molecule has 0 fully saturated rings. The van der Waals surface area contributed by atoms with Crippen molar-refractivity contribution in [3.63, 3.8) is 0 Å². The van der Waals surface area contributed by atoms with Crippen LogP contribution in [0.4, 0.5) is 5.69 Å². The Bertz CT molecular complexity index is 1510. The lowest BCUT2D eigenvalue weighted by Gasteiger charge is -2.25. The van der Waals surface area contributed by atoms with E-state index in [2.05, 4.69) is 0 Å². The Hall–Kier alpha value is -4.21. The number of non-ortho nitro benzene ring substituents is 1. The summed E-state index contributed by atoms with van der Waals surface area (Å²) in [6, 6.07) is 33.6. The molecule has 0 aliphatic carbocycles. The smallest absolute Gasteiger partial charge is 0.270 e. The third-order valence-electron chi connectivity index (χ3n) is 5.92. The first-order chi connectivity index (χ1) is 16.5.